The Hall–Kier alpha value is -3.02. The Bertz CT molecular complexity index is 951. The summed E-state index contributed by atoms with van der Waals surface area (Å²) >= 11 is 0. The summed E-state index contributed by atoms with van der Waals surface area (Å²) < 4.78 is 0. The number of rotatable bonds is 7. The van der Waals surface area contributed by atoms with Gasteiger partial charge >= 0.3 is 0 Å². The number of nitrogens with one attached hydrogen (secondary N) is 1. The molecule has 0 bridgehead atoms. The number of aldehydes is 1. The van der Waals surface area contributed by atoms with Crippen LogP contribution in [0.15, 0.2) is 54.6 Å². The molecule has 1 amide bonds. The zero-order valence-electron chi connectivity index (χ0n) is 17.3. The molecule has 2 aromatic rings. The highest BCUT2D eigenvalue weighted by Crippen LogP contribution is 2.30. The Morgan fingerprint density at radius 1 is 1.26 bits per heavy atom. The number of hydroxylamine groups is 2. The molecule has 3 N–H and O–H groups in total. The zero-order valence-corrected chi connectivity index (χ0v) is 17.3. The first-order valence-electron chi connectivity index (χ1n) is 10.1. The Balaban J connectivity index is 1.61. The predicted octanol–water partition coefficient (Wildman–Crippen LogP) is 1.14. The van der Waals surface area contributed by atoms with E-state index in [1.165, 1.54) is 5.06 Å². The van der Waals surface area contributed by atoms with E-state index in [-0.39, 0.29) is 19.1 Å². The molecule has 0 saturated carbocycles. The Labute approximate surface area is 181 Å². The van der Waals surface area contributed by atoms with Gasteiger partial charge in [0.1, 0.15) is 12.4 Å². The number of carbonyl (C=O) groups is 2. The molecule has 3 rings (SSSR count). The van der Waals surface area contributed by atoms with Crippen molar-refractivity contribution < 1.29 is 24.6 Å². The standard InChI is InChI=1S/C24H26N2O5/c1-17(29)23-21(15-27)26(31-22(23)16-28)14-19-8-5-7-18(13-19)9-6-12-25-24(30)20-10-3-2-4-11-20/h2-5,7-8,10-11,13,15,17,21-23,28-29H,12,14,16H2,1H3,(H,25,30)/t17-,21+,22-,23-/m1/s1. The molecule has 1 aliphatic heterocycles. The molecule has 1 fully saturated rings. The van der Waals surface area contributed by atoms with Crippen LogP contribution in [0.25, 0.3) is 0 Å². The first-order valence-corrected chi connectivity index (χ1v) is 10.1. The Morgan fingerprint density at radius 2 is 2.03 bits per heavy atom. The molecule has 7 nitrogen and oxygen atoms in total. The van der Waals surface area contributed by atoms with Crippen molar-refractivity contribution in [3.8, 4) is 11.8 Å². The summed E-state index contributed by atoms with van der Waals surface area (Å²) in [6.07, 6.45) is -0.682. The monoisotopic (exact) mass is 422 g/mol. The predicted molar refractivity (Wildman–Crippen MR) is 115 cm³/mol. The van der Waals surface area contributed by atoms with E-state index in [9.17, 15) is 19.8 Å². The van der Waals surface area contributed by atoms with Gasteiger partial charge in [0.05, 0.1) is 25.3 Å². The minimum atomic E-state index is -0.791. The lowest BCUT2D eigenvalue weighted by Crippen LogP contribution is -2.39. The zero-order chi connectivity index (χ0) is 22.2. The number of amides is 1. The maximum atomic E-state index is 12.0. The van der Waals surface area contributed by atoms with Crippen LogP contribution in [0.4, 0.5) is 0 Å². The van der Waals surface area contributed by atoms with Gasteiger partial charge < -0.3 is 20.3 Å². The second-order valence-corrected chi connectivity index (χ2v) is 7.40. The van der Waals surface area contributed by atoms with Crippen molar-refractivity contribution >= 4 is 12.2 Å². The summed E-state index contributed by atoms with van der Waals surface area (Å²) in [7, 11) is 0. The van der Waals surface area contributed by atoms with Crippen LogP contribution in [0, 0.1) is 17.8 Å². The van der Waals surface area contributed by atoms with E-state index in [2.05, 4.69) is 17.2 Å². The number of aliphatic hydroxyl groups is 2. The minimum Gasteiger partial charge on any atom is -0.394 e. The fraction of sp³-hybridized carbons (Fsp3) is 0.333. The van der Waals surface area contributed by atoms with Gasteiger partial charge in [-0.15, -0.1) is 0 Å². The van der Waals surface area contributed by atoms with Crippen LogP contribution in [-0.2, 0) is 16.2 Å². The van der Waals surface area contributed by atoms with Crippen LogP contribution in [-0.4, -0.2) is 58.9 Å². The minimum absolute atomic E-state index is 0.180. The van der Waals surface area contributed by atoms with Crippen LogP contribution >= 0.6 is 0 Å². The van der Waals surface area contributed by atoms with Crippen LogP contribution in [0.5, 0.6) is 0 Å². The highest BCUT2D eigenvalue weighted by atomic mass is 16.7. The third-order valence-electron chi connectivity index (χ3n) is 5.17. The van der Waals surface area contributed by atoms with Crippen LogP contribution in [0.1, 0.15) is 28.4 Å². The van der Waals surface area contributed by atoms with Gasteiger partial charge in [0.25, 0.3) is 5.91 Å². The molecule has 1 saturated heterocycles. The molecule has 0 radical (unpaired) electrons. The Morgan fingerprint density at radius 3 is 2.71 bits per heavy atom. The average molecular weight is 422 g/mol. The highest BCUT2D eigenvalue weighted by Gasteiger charge is 2.45. The summed E-state index contributed by atoms with van der Waals surface area (Å²) in [5.74, 6) is 5.27. The third-order valence-corrected chi connectivity index (χ3v) is 5.17. The molecule has 0 spiro atoms. The first-order chi connectivity index (χ1) is 15.0. The number of hydrogen-bond donors (Lipinski definition) is 3. The maximum absolute atomic E-state index is 12.0. The van der Waals surface area contributed by atoms with E-state index < -0.39 is 24.2 Å². The molecule has 4 atom stereocenters. The summed E-state index contributed by atoms with van der Waals surface area (Å²) in [5, 5.41) is 23.8. The molecular formula is C24H26N2O5. The van der Waals surface area contributed by atoms with E-state index >= 15 is 0 Å². The van der Waals surface area contributed by atoms with E-state index in [0.717, 1.165) is 17.4 Å². The van der Waals surface area contributed by atoms with Gasteiger partial charge in [0, 0.05) is 23.6 Å². The highest BCUT2D eigenvalue weighted by molar-refractivity contribution is 5.94. The van der Waals surface area contributed by atoms with Gasteiger partial charge in [0.15, 0.2) is 0 Å². The lowest BCUT2D eigenvalue weighted by Gasteiger charge is -2.22. The topological polar surface area (TPSA) is 99.1 Å². The van der Waals surface area contributed by atoms with Crippen molar-refractivity contribution in [1.82, 2.24) is 10.4 Å². The maximum Gasteiger partial charge on any atom is 0.252 e. The van der Waals surface area contributed by atoms with Crippen LogP contribution in [0.2, 0.25) is 0 Å². The van der Waals surface area contributed by atoms with Gasteiger partial charge in [-0.1, -0.05) is 42.2 Å². The molecule has 31 heavy (non-hydrogen) atoms. The first kappa shape index (κ1) is 22.7. The largest absolute Gasteiger partial charge is 0.394 e. The summed E-state index contributed by atoms with van der Waals surface area (Å²) in [5.41, 5.74) is 2.22. The van der Waals surface area contributed by atoms with Crippen LogP contribution in [0.3, 0.4) is 0 Å². The van der Waals surface area contributed by atoms with Gasteiger partial charge in [-0.25, -0.2) is 0 Å². The molecule has 1 heterocycles. The van der Waals surface area contributed by atoms with Crippen molar-refractivity contribution in [2.75, 3.05) is 13.2 Å². The van der Waals surface area contributed by atoms with E-state index in [0.29, 0.717) is 12.1 Å². The second kappa shape index (κ2) is 10.8. The van der Waals surface area contributed by atoms with Crippen molar-refractivity contribution in [3.05, 3.63) is 71.3 Å². The van der Waals surface area contributed by atoms with Crippen molar-refractivity contribution in [1.29, 1.82) is 0 Å². The molecule has 0 aromatic heterocycles. The Kier molecular flexibility index (Phi) is 7.93. The molecular weight excluding hydrogens is 396 g/mol. The SMILES string of the molecule is C[C@@H](O)[C@H]1[C@@H](CO)ON(Cc2cccc(C#CCNC(=O)c3ccccc3)c2)[C@H]1C=O. The number of aliphatic hydroxyl groups excluding tert-OH is 2. The third kappa shape index (κ3) is 5.78. The van der Waals surface area contributed by atoms with Crippen molar-refractivity contribution in [3.63, 3.8) is 0 Å². The van der Waals surface area contributed by atoms with E-state index in [1.54, 1.807) is 31.2 Å². The fourth-order valence-electron chi connectivity index (χ4n) is 3.67. The number of nitrogens with zero attached hydrogens (tertiary/aromatic N) is 1. The van der Waals surface area contributed by atoms with Gasteiger partial charge in [-0.05, 0) is 36.8 Å². The van der Waals surface area contributed by atoms with Crippen molar-refractivity contribution in [2.45, 2.75) is 31.7 Å². The molecule has 7 heteroatoms. The molecule has 1 aliphatic rings. The van der Waals surface area contributed by atoms with Gasteiger partial charge in [-0.3, -0.25) is 9.63 Å². The second-order valence-electron chi connectivity index (χ2n) is 7.40. The summed E-state index contributed by atoms with van der Waals surface area (Å²) in [6.45, 7) is 1.83. The lowest BCUT2D eigenvalue weighted by molar-refractivity contribution is -0.177. The smallest absolute Gasteiger partial charge is 0.252 e. The summed E-state index contributed by atoms with van der Waals surface area (Å²) in [4.78, 5) is 29.3. The fourth-order valence-corrected chi connectivity index (χ4v) is 3.67. The van der Waals surface area contributed by atoms with Crippen molar-refractivity contribution in [2.24, 2.45) is 5.92 Å². The molecule has 0 unspecified atom stereocenters. The molecule has 162 valence electrons. The number of carbonyl (C=O) groups excluding carboxylic acids is 2. The number of hydrogen-bond acceptors (Lipinski definition) is 6. The van der Waals surface area contributed by atoms with Gasteiger partial charge in [0.2, 0.25) is 0 Å². The molecule has 2 aromatic carbocycles. The summed E-state index contributed by atoms with van der Waals surface area (Å²) in [6, 6.07) is 15.7. The van der Waals surface area contributed by atoms with E-state index in [4.69, 9.17) is 4.84 Å². The average Bonchev–Trinajstić information content (AvgIpc) is 3.15. The number of benzene rings is 2. The molecule has 0 aliphatic carbocycles. The van der Waals surface area contributed by atoms with E-state index in [1.807, 2.05) is 30.3 Å². The quantitative estimate of drug-likeness (QED) is 0.457. The lowest BCUT2D eigenvalue weighted by atomic mass is 9.91. The normalized spacial score (nSPS) is 21.7. The van der Waals surface area contributed by atoms with Crippen LogP contribution < -0.4 is 5.32 Å². The van der Waals surface area contributed by atoms with Gasteiger partial charge in [-0.2, -0.15) is 5.06 Å².